The van der Waals surface area contributed by atoms with E-state index in [4.69, 9.17) is 11.6 Å². The van der Waals surface area contributed by atoms with Crippen molar-refractivity contribution in [3.05, 3.63) is 63.9 Å². The van der Waals surface area contributed by atoms with Gasteiger partial charge in [-0.2, -0.15) is 4.99 Å². The van der Waals surface area contributed by atoms with Crippen LogP contribution in [-0.2, 0) is 4.79 Å². The quantitative estimate of drug-likeness (QED) is 0.773. The summed E-state index contributed by atoms with van der Waals surface area (Å²) in [6.45, 7) is 1.56. The molecule has 1 aromatic heterocycles. The van der Waals surface area contributed by atoms with Gasteiger partial charge in [0.05, 0.1) is 10.2 Å². The van der Waals surface area contributed by atoms with Crippen molar-refractivity contribution < 1.29 is 14.7 Å². The summed E-state index contributed by atoms with van der Waals surface area (Å²) in [6, 6.07) is 12.9. The number of benzene rings is 2. The van der Waals surface area contributed by atoms with Gasteiger partial charge in [0.2, 0.25) is 0 Å². The number of thiazole rings is 1. The first-order valence-electron chi connectivity index (χ1n) is 7.15. The molecule has 7 heteroatoms. The number of fused-ring (bicyclic) bond motifs is 1. The molecule has 0 fully saturated rings. The van der Waals surface area contributed by atoms with Crippen molar-refractivity contribution in [3.63, 3.8) is 0 Å². The third-order valence-corrected chi connectivity index (χ3v) is 4.85. The molecule has 0 bridgehead atoms. The summed E-state index contributed by atoms with van der Waals surface area (Å²) in [7, 11) is 0. The number of carboxylic acids is 1. The van der Waals surface area contributed by atoms with Crippen molar-refractivity contribution in [1.82, 2.24) is 4.57 Å². The molecule has 0 radical (unpaired) electrons. The highest BCUT2D eigenvalue weighted by Gasteiger charge is 2.19. The highest BCUT2D eigenvalue weighted by molar-refractivity contribution is 7.16. The van der Waals surface area contributed by atoms with Crippen LogP contribution in [-0.4, -0.2) is 21.6 Å². The molecule has 0 aliphatic carbocycles. The lowest BCUT2D eigenvalue weighted by molar-refractivity contribution is -0.140. The van der Waals surface area contributed by atoms with Crippen LogP contribution >= 0.6 is 22.9 Å². The first-order valence-corrected chi connectivity index (χ1v) is 8.34. The van der Waals surface area contributed by atoms with E-state index in [1.807, 2.05) is 24.3 Å². The molecule has 1 amide bonds. The van der Waals surface area contributed by atoms with E-state index < -0.39 is 17.9 Å². The van der Waals surface area contributed by atoms with Gasteiger partial charge in [0.25, 0.3) is 5.91 Å². The summed E-state index contributed by atoms with van der Waals surface area (Å²) in [4.78, 5) is 28.3. The van der Waals surface area contributed by atoms with Crippen LogP contribution in [0.15, 0.2) is 53.5 Å². The zero-order valence-corrected chi connectivity index (χ0v) is 14.2. The molecule has 122 valence electrons. The zero-order chi connectivity index (χ0) is 17.3. The molecule has 3 aromatic rings. The van der Waals surface area contributed by atoms with Crippen LogP contribution in [0.3, 0.4) is 0 Å². The molecule has 24 heavy (non-hydrogen) atoms. The standard InChI is InChI=1S/C17H13ClN2O3S/c1-10(16(22)23)20-13-4-2-3-5-14(13)24-17(20)19-15(21)11-6-8-12(18)9-7-11/h2-10H,1H3,(H,22,23). The van der Waals surface area contributed by atoms with Gasteiger partial charge in [0, 0.05) is 10.6 Å². The number of para-hydroxylation sites is 1. The molecule has 0 saturated carbocycles. The fourth-order valence-electron chi connectivity index (χ4n) is 2.30. The molecule has 0 aliphatic heterocycles. The predicted octanol–water partition coefficient (Wildman–Crippen LogP) is 3.74. The number of hydrogen-bond donors (Lipinski definition) is 1. The van der Waals surface area contributed by atoms with E-state index in [1.54, 1.807) is 35.8 Å². The van der Waals surface area contributed by atoms with E-state index in [-0.39, 0.29) is 0 Å². The molecular formula is C17H13ClN2O3S. The van der Waals surface area contributed by atoms with Gasteiger partial charge in [-0.05, 0) is 43.3 Å². The first-order chi connectivity index (χ1) is 11.5. The summed E-state index contributed by atoms with van der Waals surface area (Å²) in [5.74, 6) is -1.43. The molecule has 0 aliphatic rings. The third-order valence-electron chi connectivity index (χ3n) is 3.57. The first kappa shape index (κ1) is 16.4. The number of hydrogen-bond acceptors (Lipinski definition) is 3. The maximum absolute atomic E-state index is 12.4. The molecular weight excluding hydrogens is 348 g/mol. The van der Waals surface area contributed by atoms with Gasteiger partial charge in [-0.25, -0.2) is 4.79 Å². The normalized spacial score (nSPS) is 13.2. The van der Waals surface area contributed by atoms with Crippen LogP contribution in [0.5, 0.6) is 0 Å². The van der Waals surface area contributed by atoms with Gasteiger partial charge in [0.15, 0.2) is 4.80 Å². The van der Waals surface area contributed by atoms with E-state index in [2.05, 4.69) is 4.99 Å². The van der Waals surface area contributed by atoms with Crippen molar-refractivity contribution in [2.24, 2.45) is 4.99 Å². The average Bonchev–Trinajstić information content (AvgIpc) is 2.92. The summed E-state index contributed by atoms with van der Waals surface area (Å²) in [5.41, 5.74) is 1.13. The SMILES string of the molecule is CC(C(=O)O)n1c(=NC(=O)c2ccc(Cl)cc2)sc2ccccc21. The zero-order valence-electron chi connectivity index (χ0n) is 12.6. The summed E-state index contributed by atoms with van der Waals surface area (Å²) < 4.78 is 2.43. The van der Waals surface area contributed by atoms with Crippen LogP contribution in [0.25, 0.3) is 10.2 Å². The molecule has 1 unspecified atom stereocenters. The minimum Gasteiger partial charge on any atom is -0.480 e. The summed E-state index contributed by atoms with van der Waals surface area (Å²) in [5, 5.41) is 9.89. The number of halogens is 1. The Morgan fingerprint density at radius 3 is 2.50 bits per heavy atom. The second-order valence-electron chi connectivity index (χ2n) is 5.16. The Morgan fingerprint density at radius 1 is 1.17 bits per heavy atom. The molecule has 1 N–H and O–H groups in total. The highest BCUT2D eigenvalue weighted by atomic mass is 35.5. The second kappa shape index (κ2) is 6.59. The lowest BCUT2D eigenvalue weighted by atomic mass is 10.2. The van der Waals surface area contributed by atoms with Crippen molar-refractivity contribution in [3.8, 4) is 0 Å². The lowest BCUT2D eigenvalue weighted by Gasteiger charge is -2.09. The van der Waals surface area contributed by atoms with Gasteiger partial charge >= 0.3 is 5.97 Å². The predicted molar refractivity (Wildman–Crippen MR) is 93.5 cm³/mol. The number of carbonyl (C=O) groups excluding carboxylic acids is 1. The van der Waals surface area contributed by atoms with Crippen LogP contribution in [0.2, 0.25) is 5.02 Å². The summed E-state index contributed by atoms with van der Waals surface area (Å²) in [6.07, 6.45) is 0. The Hall–Kier alpha value is -2.44. The van der Waals surface area contributed by atoms with Crippen molar-refractivity contribution in [1.29, 1.82) is 0 Å². The second-order valence-corrected chi connectivity index (χ2v) is 6.61. The molecule has 0 saturated heterocycles. The smallest absolute Gasteiger partial charge is 0.326 e. The maximum atomic E-state index is 12.4. The molecule has 1 atom stereocenters. The van der Waals surface area contributed by atoms with Crippen LogP contribution < -0.4 is 4.80 Å². The molecule has 1 heterocycles. The van der Waals surface area contributed by atoms with Crippen molar-refractivity contribution in [2.75, 3.05) is 0 Å². The van der Waals surface area contributed by atoms with E-state index in [1.165, 1.54) is 11.3 Å². The van der Waals surface area contributed by atoms with E-state index in [9.17, 15) is 14.7 Å². The Labute approximate surface area is 146 Å². The number of rotatable bonds is 3. The Morgan fingerprint density at radius 2 is 1.83 bits per heavy atom. The third kappa shape index (κ3) is 3.11. The fraction of sp³-hybridized carbons (Fsp3) is 0.118. The average molecular weight is 361 g/mol. The molecule has 2 aromatic carbocycles. The highest BCUT2D eigenvalue weighted by Crippen LogP contribution is 2.21. The summed E-state index contributed by atoms with van der Waals surface area (Å²) >= 11 is 7.10. The number of nitrogens with zero attached hydrogens (tertiary/aromatic N) is 2. The fourth-order valence-corrected chi connectivity index (χ4v) is 3.52. The maximum Gasteiger partial charge on any atom is 0.326 e. The molecule has 5 nitrogen and oxygen atoms in total. The van der Waals surface area contributed by atoms with Gasteiger partial charge < -0.3 is 9.67 Å². The van der Waals surface area contributed by atoms with Gasteiger partial charge in [-0.3, -0.25) is 4.79 Å². The largest absolute Gasteiger partial charge is 0.480 e. The van der Waals surface area contributed by atoms with Gasteiger partial charge in [0.1, 0.15) is 6.04 Å². The van der Waals surface area contributed by atoms with Crippen LogP contribution in [0, 0.1) is 0 Å². The van der Waals surface area contributed by atoms with Crippen LogP contribution in [0.4, 0.5) is 0 Å². The monoisotopic (exact) mass is 360 g/mol. The Kier molecular flexibility index (Phi) is 4.51. The minimum atomic E-state index is -0.987. The minimum absolute atomic E-state index is 0.353. The number of aromatic nitrogens is 1. The van der Waals surface area contributed by atoms with E-state index in [0.717, 1.165) is 10.2 Å². The Balaban J connectivity index is 2.17. The van der Waals surface area contributed by atoms with Gasteiger partial charge in [-0.1, -0.05) is 35.1 Å². The number of aliphatic carboxylic acids is 1. The van der Waals surface area contributed by atoms with E-state index >= 15 is 0 Å². The lowest BCUT2D eigenvalue weighted by Crippen LogP contribution is -2.25. The number of carbonyl (C=O) groups is 2. The van der Waals surface area contributed by atoms with Crippen molar-refractivity contribution in [2.45, 2.75) is 13.0 Å². The topological polar surface area (TPSA) is 71.7 Å². The molecule has 0 spiro atoms. The number of carboxylic acid groups (broad SMARTS) is 1. The van der Waals surface area contributed by atoms with Crippen LogP contribution in [0.1, 0.15) is 23.3 Å². The Bertz CT molecular complexity index is 989. The number of amides is 1. The molecule has 3 rings (SSSR count). The van der Waals surface area contributed by atoms with Crippen molar-refractivity contribution >= 4 is 45.0 Å². The van der Waals surface area contributed by atoms with E-state index in [0.29, 0.717) is 15.4 Å². The van der Waals surface area contributed by atoms with Gasteiger partial charge in [-0.15, -0.1) is 0 Å².